The van der Waals surface area contributed by atoms with Crippen molar-refractivity contribution in [3.63, 3.8) is 0 Å². The van der Waals surface area contributed by atoms with Crippen LogP contribution < -0.4 is 26.6 Å². The van der Waals surface area contributed by atoms with E-state index in [2.05, 4.69) is 65.0 Å². The highest BCUT2D eigenvalue weighted by molar-refractivity contribution is 5.99. The largest absolute Gasteiger partial charge is 0.381 e. The maximum Gasteiger partial charge on any atom is 0.251 e. The molecule has 0 aliphatic carbocycles. The van der Waals surface area contributed by atoms with Crippen molar-refractivity contribution in [1.82, 2.24) is 16.0 Å². The maximum atomic E-state index is 13.7. The second kappa shape index (κ2) is 14.8. The number of piperidine rings is 1. The lowest BCUT2D eigenvalue weighted by atomic mass is 9.84. The van der Waals surface area contributed by atoms with Gasteiger partial charge < -0.3 is 31.3 Å². The molecule has 0 bridgehead atoms. The van der Waals surface area contributed by atoms with Crippen LogP contribution in [-0.2, 0) is 16.1 Å². The molecule has 41 heavy (non-hydrogen) atoms. The third kappa shape index (κ3) is 7.87. The first-order valence-corrected chi connectivity index (χ1v) is 15.4. The van der Waals surface area contributed by atoms with E-state index in [1.54, 1.807) is 0 Å². The van der Waals surface area contributed by atoms with E-state index in [1.165, 1.54) is 5.56 Å². The Hall–Kier alpha value is -2.94. The average Bonchev–Trinajstić information content (AvgIpc) is 2.97. The van der Waals surface area contributed by atoms with Crippen molar-refractivity contribution in [2.75, 3.05) is 44.3 Å². The lowest BCUT2D eigenvalue weighted by Gasteiger charge is -2.37. The summed E-state index contributed by atoms with van der Waals surface area (Å²) in [6.07, 6.45) is 3.82. The number of amides is 2. The smallest absolute Gasteiger partial charge is 0.251 e. The number of hydrogen-bond donors (Lipinski definition) is 4. The summed E-state index contributed by atoms with van der Waals surface area (Å²) in [5.74, 6) is -0.113. The van der Waals surface area contributed by atoms with E-state index in [4.69, 9.17) is 10.5 Å². The highest BCUT2D eigenvalue weighted by atomic mass is 16.5. The molecule has 2 saturated heterocycles. The van der Waals surface area contributed by atoms with Crippen LogP contribution in [0.1, 0.15) is 67.9 Å². The van der Waals surface area contributed by atoms with Crippen LogP contribution in [0.4, 0.5) is 5.69 Å². The number of carbonyl (C=O) groups is 2. The van der Waals surface area contributed by atoms with Crippen LogP contribution in [0.5, 0.6) is 0 Å². The monoisotopic (exact) mass is 563 g/mol. The van der Waals surface area contributed by atoms with Crippen LogP contribution >= 0.6 is 0 Å². The lowest BCUT2D eigenvalue weighted by Crippen LogP contribution is -2.50. The molecular formula is C33H49N5O3. The number of benzene rings is 2. The standard InChI is InChI=1S/C33H49N5O3/c1-5-38(28-11-15-41-16-12-28)31-19-27(26-9-7-25(8-10-26)20-35-14-6-13-34)18-29(24(31)4)32(39)36-21-30-22(2)17-23(3)37-33(30)40/h7-10,18-19,22-23,28,30,35H,5-6,11-17,20-21,34H2,1-4H3,(H,36,39)(H,37,40). The van der Waals surface area contributed by atoms with E-state index in [0.29, 0.717) is 24.7 Å². The van der Waals surface area contributed by atoms with Crippen LogP contribution in [0, 0.1) is 18.8 Å². The Bertz CT molecular complexity index is 1160. The van der Waals surface area contributed by atoms with Gasteiger partial charge in [0.15, 0.2) is 0 Å². The van der Waals surface area contributed by atoms with Crippen molar-refractivity contribution in [2.24, 2.45) is 17.6 Å². The van der Waals surface area contributed by atoms with E-state index < -0.39 is 0 Å². The first-order chi connectivity index (χ1) is 19.8. The van der Waals surface area contributed by atoms with Gasteiger partial charge in [0.05, 0.1) is 5.92 Å². The molecule has 0 radical (unpaired) electrons. The molecule has 8 heteroatoms. The summed E-state index contributed by atoms with van der Waals surface area (Å²) in [4.78, 5) is 28.8. The fourth-order valence-electron chi connectivity index (χ4n) is 6.28. The third-order valence-corrected chi connectivity index (χ3v) is 8.70. The number of nitrogens with one attached hydrogen (secondary N) is 3. The normalized spacial score (nSPS) is 21.4. The van der Waals surface area contributed by atoms with Crippen LogP contribution in [0.25, 0.3) is 11.1 Å². The minimum absolute atomic E-state index is 0.0250. The first kappa shape index (κ1) is 31.0. The maximum absolute atomic E-state index is 13.7. The molecule has 0 aromatic heterocycles. The molecule has 3 unspecified atom stereocenters. The van der Waals surface area contributed by atoms with Crippen LogP contribution in [0.15, 0.2) is 36.4 Å². The molecular weight excluding hydrogens is 514 g/mol. The first-order valence-electron chi connectivity index (χ1n) is 15.4. The van der Waals surface area contributed by atoms with Gasteiger partial charge in [-0.2, -0.15) is 0 Å². The molecule has 2 heterocycles. The molecule has 2 fully saturated rings. The molecule has 4 rings (SSSR count). The Morgan fingerprint density at radius 1 is 1.12 bits per heavy atom. The predicted molar refractivity (Wildman–Crippen MR) is 166 cm³/mol. The van der Waals surface area contributed by atoms with Crippen molar-refractivity contribution in [1.29, 1.82) is 0 Å². The second-order valence-corrected chi connectivity index (χ2v) is 11.8. The number of anilines is 1. The molecule has 8 nitrogen and oxygen atoms in total. The summed E-state index contributed by atoms with van der Waals surface area (Å²) in [6.45, 7) is 13.4. The van der Waals surface area contributed by atoms with Gasteiger partial charge in [-0.05, 0) is 99.8 Å². The number of carbonyl (C=O) groups excluding carboxylic acids is 2. The number of nitrogens with two attached hydrogens (primary N) is 1. The van der Waals surface area contributed by atoms with E-state index >= 15 is 0 Å². The molecule has 224 valence electrons. The Labute approximate surface area is 245 Å². The molecule has 0 saturated carbocycles. The quantitative estimate of drug-likeness (QED) is 0.291. The second-order valence-electron chi connectivity index (χ2n) is 11.8. The number of ether oxygens (including phenoxy) is 1. The van der Waals surface area contributed by atoms with Crippen molar-refractivity contribution in [3.8, 4) is 11.1 Å². The average molecular weight is 564 g/mol. The van der Waals surface area contributed by atoms with Gasteiger partial charge in [0.25, 0.3) is 5.91 Å². The Morgan fingerprint density at radius 3 is 2.51 bits per heavy atom. The van der Waals surface area contributed by atoms with Gasteiger partial charge in [-0.3, -0.25) is 9.59 Å². The van der Waals surface area contributed by atoms with Gasteiger partial charge in [-0.15, -0.1) is 0 Å². The molecule has 5 N–H and O–H groups in total. The van der Waals surface area contributed by atoms with Crippen molar-refractivity contribution in [3.05, 3.63) is 53.1 Å². The molecule has 2 amide bonds. The molecule has 3 atom stereocenters. The highest BCUT2D eigenvalue weighted by Crippen LogP contribution is 2.34. The molecule has 2 aliphatic heterocycles. The summed E-state index contributed by atoms with van der Waals surface area (Å²) in [6, 6.07) is 13.3. The number of hydrogen-bond acceptors (Lipinski definition) is 6. The SMILES string of the molecule is CCN(c1cc(-c2ccc(CNCCCN)cc2)cc(C(=O)NCC2C(=O)NC(C)CC2C)c1C)C1CCOCC1. The number of rotatable bonds is 12. The summed E-state index contributed by atoms with van der Waals surface area (Å²) in [7, 11) is 0. The Morgan fingerprint density at radius 2 is 1.85 bits per heavy atom. The summed E-state index contributed by atoms with van der Waals surface area (Å²) < 4.78 is 5.65. The van der Waals surface area contributed by atoms with Gasteiger partial charge in [0.1, 0.15) is 0 Å². The zero-order valence-electron chi connectivity index (χ0n) is 25.3. The van der Waals surface area contributed by atoms with Crippen LogP contribution in [0.2, 0.25) is 0 Å². The summed E-state index contributed by atoms with van der Waals surface area (Å²) >= 11 is 0. The minimum Gasteiger partial charge on any atom is -0.381 e. The topological polar surface area (TPSA) is 109 Å². The zero-order chi connectivity index (χ0) is 29.4. The summed E-state index contributed by atoms with van der Waals surface area (Å²) in [5, 5.41) is 9.59. The Balaban J connectivity index is 1.62. The third-order valence-electron chi connectivity index (χ3n) is 8.70. The Kier molecular flexibility index (Phi) is 11.2. The van der Waals surface area contributed by atoms with Gasteiger partial charge >= 0.3 is 0 Å². The van der Waals surface area contributed by atoms with Crippen LogP contribution in [-0.4, -0.2) is 63.3 Å². The predicted octanol–water partition coefficient (Wildman–Crippen LogP) is 4.00. The number of nitrogens with zero attached hydrogens (tertiary/aromatic N) is 1. The van der Waals surface area contributed by atoms with Crippen molar-refractivity contribution in [2.45, 2.75) is 72.0 Å². The lowest BCUT2D eigenvalue weighted by molar-refractivity contribution is -0.129. The fourth-order valence-corrected chi connectivity index (χ4v) is 6.28. The van der Waals surface area contributed by atoms with Gasteiger partial charge in [-0.1, -0.05) is 31.2 Å². The fraction of sp³-hybridized carbons (Fsp3) is 0.576. The van der Waals surface area contributed by atoms with E-state index in [1.807, 2.05) is 19.9 Å². The van der Waals surface area contributed by atoms with Crippen molar-refractivity contribution < 1.29 is 14.3 Å². The minimum atomic E-state index is -0.224. The van der Waals surface area contributed by atoms with E-state index in [-0.39, 0.29) is 29.7 Å². The molecule has 2 aromatic carbocycles. The zero-order valence-corrected chi connectivity index (χ0v) is 25.3. The van der Waals surface area contributed by atoms with Gasteiger partial charge in [-0.25, -0.2) is 0 Å². The van der Waals surface area contributed by atoms with Crippen molar-refractivity contribution >= 4 is 17.5 Å². The summed E-state index contributed by atoms with van der Waals surface area (Å²) in [5.41, 5.74) is 11.6. The molecule has 0 spiro atoms. The van der Waals surface area contributed by atoms with E-state index in [9.17, 15) is 9.59 Å². The molecule has 2 aliphatic rings. The van der Waals surface area contributed by atoms with Gasteiger partial charge in [0.2, 0.25) is 5.91 Å². The highest BCUT2D eigenvalue weighted by Gasteiger charge is 2.32. The molecule has 2 aromatic rings. The van der Waals surface area contributed by atoms with Gasteiger partial charge in [0, 0.05) is 56.2 Å². The van der Waals surface area contributed by atoms with E-state index in [0.717, 1.165) is 80.9 Å². The van der Waals surface area contributed by atoms with Crippen LogP contribution in [0.3, 0.4) is 0 Å².